The summed E-state index contributed by atoms with van der Waals surface area (Å²) in [7, 11) is 0. The van der Waals surface area contributed by atoms with Gasteiger partial charge in [-0.15, -0.1) is 0 Å². The second kappa shape index (κ2) is 9.30. The molecule has 0 bridgehead atoms. The third kappa shape index (κ3) is 4.80. The summed E-state index contributed by atoms with van der Waals surface area (Å²) in [5, 5.41) is 6.16. The Balaban J connectivity index is 1.65. The van der Waals surface area contributed by atoms with E-state index in [0.717, 1.165) is 21.0 Å². The quantitative estimate of drug-likeness (QED) is 0.342. The van der Waals surface area contributed by atoms with Gasteiger partial charge in [0.2, 0.25) is 0 Å². The van der Waals surface area contributed by atoms with Crippen LogP contribution in [0.3, 0.4) is 0 Å². The molecule has 0 unspecified atom stereocenters. The molecule has 8 heteroatoms. The van der Waals surface area contributed by atoms with Crippen molar-refractivity contribution >= 4 is 55.9 Å². The minimum atomic E-state index is -0.903. The first-order chi connectivity index (χ1) is 15.8. The average molecular weight is 505 g/mol. The summed E-state index contributed by atoms with van der Waals surface area (Å²) < 4.78 is 2.15. The predicted molar refractivity (Wildman–Crippen MR) is 133 cm³/mol. The Labute approximate surface area is 198 Å². The summed E-state index contributed by atoms with van der Waals surface area (Å²) >= 11 is 3.42. The van der Waals surface area contributed by atoms with Gasteiger partial charge in [-0.25, -0.2) is 4.68 Å². The van der Waals surface area contributed by atoms with E-state index in [-0.39, 0.29) is 5.69 Å². The molecule has 0 aliphatic carbocycles. The number of rotatable bonds is 4. The van der Waals surface area contributed by atoms with Crippen molar-refractivity contribution in [2.75, 3.05) is 16.1 Å². The number of hydrogen-bond acceptors (Lipinski definition) is 3. The Morgan fingerprint density at radius 2 is 1.58 bits per heavy atom. The van der Waals surface area contributed by atoms with Crippen LogP contribution in [0, 0.1) is 13.8 Å². The van der Waals surface area contributed by atoms with Gasteiger partial charge in [0.05, 0.1) is 5.52 Å². The van der Waals surface area contributed by atoms with E-state index in [1.165, 1.54) is 4.68 Å². The maximum atomic E-state index is 13.2. The molecule has 0 aliphatic rings. The molecule has 3 amide bonds. The number of hydrogen-bond donors (Lipinski definition) is 3. The number of carbonyl (C=O) groups is 3. The molecule has 1 heterocycles. The van der Waals surface area contributed by atoms with Crippen LogP contribution in [-0.4, -0.2) is 22.4 Å². The molecule has 0 spiro atoms. The summed E-state index contributed by atoms with van der Waals surface area (Å²) in [4.78, 5) is 38.3. The number of aromatic nitrogens is 1. The van der Waals surface area contributed by atoms with Crippen molar-refractivity contribution in [1.29, 1.82) is 0 Å². The first-order valence-corrected chi connectivity index (χ1v) is 11.0. The van der Waals surface area contributed by atoms with Gasteiger partial charge < -0.3 is 10.6 Å². The molecule has 0 radical (unpaired) electrons. The number of halogens is 1. The molecule has 0 aliphatic heterocycles. The van der Waals surface area contributed by atoms with Crippen molar-refractivity contribution in [3.8, 4) is 0 Å². The lowest BCUT2D eigenvalue weighted by atomic mass is 10.1. The van der Waals surface area contributed by atoms with Crippen LogP contribution in [0.5, 0.6) is 0 Å². The zero-order valence-electron chi connectivity index (χ0n) is 18.0. The van der Waals surface area contributed by atoms with Gasteiger partial charge in [-0.3, -0.25) is 19.8 Å². The molecule has 3 aromatic carbocycles. The van der Waals surface area contributed by atoms with E-state index >= 15 is 0 Å². The topological polar surface area (TPSA) is 92.2 Å². The van der Waals surface area contributed by atoms with Crippen molar-refractivity contribution in [3.05, 3.63) is 94.1 Å². The average Bonchev–Trinajstić information content (AvgIpc) is 3.15. The van der Waals surface area contributed by atoms with E-state index in [9.17, 15) is 14.4 Å². The van der Waals surface area contributed by atoms with Crippen LogP contribution >= 0.6 is 15.9 Å². The fourth-order valence-corrected chi connectivity index (χ4v) is 3.79. The number of para-hydroxylation sites is 1. The van der Waals surface area contributed by atoms with Gasteiger partial charge in [-0.05, 0) is 67.4 Å². The lowest BCUT2D eigenvalue weighted by molar-refractivity contribution is -0.133. The number of nitrogens with one attached hydrogen (secondary N) is 3. The largest absolute Gasteiger partial charge is 0.328 e. The third-order valence-electron chi connectivity index (χ3n) is 5.30. The molecule has 0 saturated carbocycles. The lowest BCUT2D eigenvalue weighted by Crippen LogP contribution is -2.36. The second-order valence-corrected chi connectivity index (χ2v) is 8.45. The molecular formula is C25H21BrN4O3. The number of anilines is 2. The van der Waals surface area contributed by atoms with Crippen LogP contribution in [-0.2, 0) is 9.59 Å². The van der Waals surface area contributed by atoms with E-state index in [2.05, 4.69) is 32.0 Å². The molecule has 0 fully saturated rings. The van der Waals surface area contributed by atoms with E-state index < -0.39 is 17.7 Å². The maximum absolute atomic E-state index is 13.2. The highest BCUT2D eigenvalue weighted by Gasteiger charge is 2.21. The standard InChI is InChI=1S/C25H21BrN4O3/c1-15-7-6-10-20(16(15)2)28-23(31)22-14-17-13-18(26)11-12-21(17)30(22)29-25(33)24(32)27-19-8-4-3-5-9-19/h3-14H,1-2H3,(H,27,32)(H,28,31)(H,29,33). The van der Waals surface area contributed by atoms with Crippen molar-refractivity contribution in [2.24, 2.45) is 0 Å². The molecule has 4 aromatic rings. The van der Waals surface area contributed by atoms with Gasteiger partial charge in [0, 0.05) is 21.2 Å². The highest BCUT2D eigenvalue weighted by atomic mass is 79.9. The smallest absolute Gasteiger partial charge is 0.320 e. The van der Waals surface area contributed by atoms with E-state index in [4.69, 9.17) is 0 Å². The molecule has 7 nitrogen and oxygen atoms in total. The fourth-order valence-electron chi connectivity index (χ4n) is 3.41. The van der Waals surface area contributed by atoms with Gasteiger partial charge in [0.15, 0.2) is 0 Å². The van der Waals surface area contributed by atoms with Gasteiger partial charge >= 0.3 is 11.8 Å². The predicted octanol–water partition coefficient (Wildman–Crippen LogP) is 4.98. The molecular weight excluding hydrogens is 484 g/mol. The number of benzene rings is 3. The summed E-state index contributed by atoms with van der Waals surface area (Å²) in [5.74, 6) is -2.17. The van der Waals surface area contributed by atoms with Crippen LogP contribution in [0.4, 0.5) is 11.4 Å². The highest BCUT2D eigenvalue weighted by molar-refractivity contribution is 9.10. The van der Waals surface area contributed by atoms with Gasteiger partial charge in [-0.1, -0.05) is 46.3 Å². The zero-order chi connectivity index (χ0) is 23.5. The van der Waals surface area contributed by atoms with Crippen LogP contribution in [0.1, 0.15) is 21.6 Å². The Kier molecular flexibility index (Phi) is 6.28. The van der Waals surface area contributed by atoms with Crippen LogP contribution in [0.25, 0.3) is 10.9 Å². The summed E-state index contributed by atoms with van der Waals surface area (Å²) in [6, 6.07) is 21.3. The minimum Gasteiger partial charge on any atom is -0.320 e. The molecule has 33 heavy (non-hydrogen) atoms. The lowest BCUT2D eigenvalue weighted by Gasteiger charge is -2.14. The van der Waals surface area contributed by atoms with Crippen molar-refractivity contribution in [1.82, 2.24) is 4.68 Å². The SMILES string of the molecule is Cc1cccc(NC(=O)c2cc3cc(Br)ccc3n2NC(=O)C(=O)Nc2ccccc2)c1C. The van der Waals surface area contributed by atoms with Crippen molar-refractivity contribution < 1.29 is 14.4 Å². The van der Waals surface area contributed by atoms with Crippen LogP contribution < -0.4 is 16.1 Å². The Morgan fingerprint density at radius 3 is 2.33 bits per heavy atom. The van der Waals surface area contributed by atoms with E-state index in [1.54, 1.807) is 48.5 Å². The van der Waals surface area contributed by atoms with Crippen molar-refractivity contribution in [2.45, 2.75) is 13.8 Å². The first kappa shape index (κ1) is 22.3. The Morgan fingerprint density at radius 1 is 0.818 bits per heavy atom. The highest BCUT2D eigenvalue weighted by Crippen LogP contribution is 2.25. The van der Waals surface area contributed by atoms with Crippen LogP contribution in [0.2, 0.25) is 0 Å². The molecule has 0 atom stereocenters. The van der Waals surface area contributed by atoms with E-state index in [1.807, 2.05) is 38.1 Å². The van der Waals surface area contributed by atoms with Gasteiger partial charge in [0.25, 0.3) is 5.91 Å². The Bertz CT molecular complexity index is 1380. The second-order valence-electron chi connectivity index (χ2n) is 7.53. The van der Waals surface area contributed by atoms with Crippen molar-refractivity contribution in [3.63, 3.8) is 0 Å². The van der Waals surface area contributed by atoms with Gasteiger partial charge in [-0.2, -0.15) is 0 Å². The van der Waals surface area contributed by atoms with Gasteiger partial charge in [0.1, 0.15) is 5.69 Å². The zero-order valence-corrected chi connectivity index (χ0v) is 19.6. The summed E-state index contributed by atoms with van der Waals surface area (Å²) in [5.41, 5.74) is 6.47. The molecule has 3 N–H and O–H groups in total. The summed E-state index contributed by atoms with van der Waals surface area (Å²) in [6.07, 6.45) is 0. The molecule has 4 rings (SSSR count). The third-order valence-corrected chi connectivity index (χ3v) is 5.79. The maximum Gasteiger partial charge on any atom is 0.328 e. The molecule has 166 valence electrons. The first-order valence-electron chi connectivity index (χ1n) is 10.2. The fraction of sp³-hybridized carbons (Fsp3) is 0.0800. The van der Waals surface area contributed by atoms with E-state index in [0.29, 0.717) is 16.9 Å². The van der Waals surface area contributed by atoms with Crippen LogP contribution in [0.15, 0.2) is 77.3 Å². The number of amides is 3. The minimum absolute atomic E-state index is 0.185. The monoisotopic (exact) mass is 504 g/mol. The normalized spacial score (nSPS) is 10.6. The Hall–Kier alpha value is -3.91. The number of nitrogens with zero attached hydrogens (tertiary/aromatic N) is 1. The molecule has 0 saturated heterocycles. The summed E-state index contributed by atoms with van der Waals surface area (Å²) in [6.45, 7) is 3.89. The number of carbonyl (C=O) groups excluding carboxylic acids is 3. The molecule has 1 aromatic heterocycles. The number of fused-ring (bicyclic) bond motifs is 1. The number of aryl methyl sites for hydroxylation is 1.